The zero-order valence-electron chi connectivity index (χ0n) is 11.3. The molecule has 0 bridgehead atoms. The van der Waals surface area contributed by atoms with Crippen LogP contribution in [0.15, 0.2) is 18.2 Å². The fourth-order valence-corrected chi connectivity index (χ4v) is 2.80. The number of hydrogen-bond acceptors (Lipinski definition) is 3. The van der Waals surface area contributed by atoms with E-state index in [0.29, 0.717) is 19.8 Å². The first-order valence-electron chi connectivity index (χ1n) is 7.01. The number of rotatable bonds is 1. The summed E-state index contributed by atoms with van der Waals surface area (Å²) in [5.41, 5.74) is 3.24. The molecular weight excluding hydrogens is 240 g/mol. The standard InChI is InChI=1S/C15H20N2O2/c1-11-10-19-8-7-17(11)15(18)13-4-5-14-12(9-13)3-2-6-16-14/h4-5,9,11,16H,2-3,6-8,10H2,1H3. The van der Waals surface area contributed by atoms with Crippen molar-refractivity contribution in [2.75, 3.05) is 31.6 Å². The van der Waals surface area contributed by atoms with Crippen molar-refractivity contribution in [3.8, 4) is 0 Å². The van der Waals surface area contributed by atoms with E-state index in [1.54, 1.807) is 0 Å². The number of benzene rings is 1. The Balaban J connectivity index is 1.83. The molecule has 1 atom stereocenters. The van der Waals surface area contributed by atoms with Gasteiger partial charge >= 0.3 is 0 Å². The normalized spacial score (nSPS) is 22.6. The molecule has 1 unspecified atom stereocenters. The maximum Gasteiger partial charge on any atom is 0.254 e. The number of anilines is 1. The van der Waals surface area contributed by atoms with Gasteiger partial charge in [0.1, 0.15) is 0 Å². The Hall–Kier alpha value is -1.55. The molecule has 19 heavy (non-hydrogen) atoms. The van der Waals surface area contributed by atoms with Crippen LogP contribution >= 0.6 is 0 Å². The number of morpholine rings is 1. The summed E-state index contributed by atoms with van der Waals surface area (Å²) in [7, 11) is 0. The van der Waals surface area contributed by atoms with Crippen LogP contribution in [-0.4, -0.2) is 43.2 Å². The average molecular weight is 260 g/mol. The minimum Gasteiger partial charge on any atom is -0.385 e. The molecule has 0 saturated carbocycles. The molecule has 4 heteroatoms. The second-order valence-corrected chi connectivity index (χ2v) is 5.32. The molecular formula is C15H20N2O2. The lowest BCUT2D eigenvalue weighted by Gasteiger charge is -2.33. The first-order chi connectivity index (χ1) is 9.25. The van der Waals surface area contributed by atoms with Crippen LogP contribution in [0.5, 0.6) is 0 Å². The molecule has 102 valence electrons. The molecule has 1 fully saturated rings. The van der Waals surface area contributed by atoms with Gasteiger partial charge in [0, 0.05) is 24.3 Å². The molecule has 0 radical (unpaired) electrons. The summed E-state index contributed by atoms with van der Waals surface area (Å²) < 4.78 is 5.38. The van der Waals surface area contributed by atoms with Gasteiger partial charge in [-0.05, 0) is 43.5 Å². The van der Waals surface area contributed by atoms with Gasteiger partial charge in [-0.15, -0.1) is 0 Å². The topological polar surface area (TPSA) is 41.6 Å². The van der Waals surface area contributed by atoms with Crippen LogP contribution < -0.4 is 5.32 Å². The van der Waals surface area contributed by atoms with Crippen molar-refractivity contribution >= 4 is 11.6 Å². The quantitative estimate of drug-likeness (QED) is 0.838. The molecule has 1 amide bonds. The van der Waals surface area contributed by atoms with E-state index in [2.05, 4.69) is 5.32 Å². The second kappa shape index (κ2) is 5.21. The number of carbonyl (C=O) groups is 1. The van der Waals surface area contributed by atoms with Crippen LogP contribution in [0.25, 0.3) is 0 Å². The number of hydrogen-bond donors (Lipinski definition) is 1. The van der Waals surface area contributed by atoms with Gasteiger partial charge in [-0.25, -0.2) is 0 Å². The van der Waals surface area contributed by atoms with Gasteiger partial charge in [-0.2, -0.15) is 0 Å². The highest BCUT2D eigenvalue weighted by Crippen LogP contribution is 2.24. The highest BCUT2D eigenvalue weighted by Gasteiger charge is 2.25. The summed E-state index contributed by atoms with van der Waals surface area (Å²) in [6.07, 6.45) is 2.20. The van der Waals surface area contributed by atoms with E-state index in [1.165, 1.54) is 11.3 Å². The van der Waals surface area contributed by atoms with Gasteiger partial charge in [0.05, 0.1) is 19.3 Å². The average Bonchev–Trinajstić information content (AvgIpc) is 2.46. The molecule has 1 saturated heterocycles. The highest BCUT2D eigenvalue weighted by molar-refractivity contribution is 5.95. The Labute approximate surface area is 113 Å². The molecule has 1 N–H and O–H groups in total. The van der Waals surface area contributed by atoms with E-state index in [-0.39, 0.29) is 11.9 Å². The number of ether oxygens (including phenoxy) is 1. The highest BCUT2D eigenvalue weighted by atomic mass is 16.5. The van der Waals surface area contributed by atoms with E-state index in [4.69, 9.17) is 4.74 Å². The molecule has 1 aromatic carbocycles. The van der Waals surface area contributed by atoms with Crippen molar-refractivity contribution in [2.24, 2.45) is 0 Å². The predicted molar refractivity (Wildman–Crippen MR) is 74.6 cm³/mol. The molecule has 2 aliphatic heterocycles. The number of fused-ring (bicyclic) bond motifs is 1. The molecule has 0 aromatic heterocycles. The van der Waals surface area contributed by atoms with Gasteiger partial charge in [0.15, 0.2) is 0 Å². The molecule has 0 aliphatic carbocycles. The zero-order valence-corrected chi connectivity index (χ0v) is 11.3. The predicted octanol–water partition coefficient (Wildman–Crippen LogP) is 1.91. The van der Waals surface area contributed by atoms with Gasteiger partial charge in [0.25, 0.3) is 5.91 Å². The van der Waals surface area contributed by atoms with E-state index in [0.717, 1.165) is 24.9 Å². The first-order valence-corrected chi connectivity index (χ1v) is 7.01. The number of carbonyl (C=O) groups excluding carboxylic acids is 1. The minimum absolute atomic E-state index is 0.129. The van der Waals surface area contributed by atoms with Gasteiger partial charge in [-0.1, -0.05) is 0 Å². The summed E-state index contributed by atoms with van der Waals surface area (Å²) in [4.78, 5) is 14.5. The third-order valence-electron chi connectivity index (χ3n) is 3.92. The molecule has 4 nitrogen and oxygen atoms in total. The lowest BCUT2D eigenvalue weighted by molar-refractivity contribution is 0.00359. The fourth-order valence-electron chi connectivity index (χ4n) is 2.80. The van der Waals surface area contributed by atoms with E-state index < -0.39 is 0 Å². The van der Waals surface area contributed by atoms with Crippen molar-refractivity contribution in [3.63, 3.8) is 0 Å². The van der Waals surface area contributed by atoms with Crippen LogP contribution in [0.1, 0.15) is 29.3 Å². The Morgan fingerprint density at radius 3 is 3.21 bits per heavy atom. The smallest absolute Gasteiger partial charge is 0.254 e. The van der Waals surface area contributed by atoms with E-state index in [1.807, 2.05) is 30.0 Å². The molecule has 0 spiro atoms. The van der Waals surface area contributed by atoms with Crippen molar-refractivity contribution in [3.05, 3.63) is 29.3 Å². The molecule has 2 heterocycles. The Morgan fingerprint density at radius 1 is 1.47 bits per heavy atom. The second-order valence-electron chi connectivity index (χ2n) is 5.32. The fraction of sp³-hybridized carbons (Fsp3) is 0.533. The van der Waals surface area contributed by atoms with Gasteiger partial charge < -0.3 is 15.0 Å². The molecule has 3 rings (SSSR count). The summed E-state index contributed by atoms with van der Waals surface area (Å²) in [6, 6.07) is 6.18. The Bertz CT molecular complexity index is 487. The lowest BCUT2D eigenvalue weighted by Crippen LogP contribution is -2.47. The molecule has 2 aliphatic rings. The number of amides is 1. The van der Waals surface area contributed by atoms with Crippen molar-refractivity contribution in [1.82, 2.24) is 4.90 Å². The van der Waals surface area contributed by atoms with Crippen LogP contribution in [0.4, 0.5) is 5.69 Å². The minimum atomic E-state index is 0.129. The summed E-state index contributed by atoms with van der Waals surface area (Å²) >= 11 is 0. The Morgan fingerprint density at radius 2 is 2.37 bits per heavy atom. The monoisotopic (exact) mass is 260 g/mol. The Kier molecular flexibility index (Phi) is 3.42. The summed E-state index contributed by atoms with van der Waals surface area (Å²) in [5.74, 6) is 0.129. The number of nitrogens with zero attached hydrogens (tertiary/aromatic N) is 1. The molecule has 1 aromatic rings. The maximum absolute atomic E-state index is 12.5. The number of aryl methyl sites for hydroxylation is 1. The number of nitrogens with one attached hydrogen (secondary N) is 1. The third kappa shape index (κ3) is 2.45. The maximum atomic E-state index is 12.5. The van der Waals surface area contributed by atoms with Crippen LogP contribution in [0.2, 0.25) is 0 Å². The van der Waals surface area contributed by atoms with Gasteiger partial charge in [-0.3, -0.25) is 4.79 Å². The SMILES string of the molecule is CC1COCCN1C(=O)c1ccc2c(c1)CCCN2. The van der Waals surface area contributed by atoms with Gasteiger partial charge in [0.2, 0.25) is 0 Å². The van der Waals surface area contributed by atoms with Crippen LogP contribution in [0.3, 0.4) is 0 Å². The van der Waals surface area contributed by atoms with Crippen molar-refractivity contribution < 1.29 is 9.53 Å². The lowest BCUT2D eigenvalue weighted by atomic mass is 10.00. The summed E-state index contributed by atoms with van der Waals surface area (Å²) in [6.45, 7) is 5.04. The van der Waals surface area contributed by atoms with Crippen molar-refractivity contribution in [1.29, 1.82) is 0 Å². The van der Waals surface area contributed by atoms with E-state index >= 15 is 0 Å². The van der Waals surface area contributed by atoms with Crippen LogP contribution in [0, 0.1) is 0 Å². The van der Waals surface area contributed by atoms with Crippen LogP contribution in [-0.2, 0) is 11.2 Å². The first kappa shape index (κ1) is 12.5. The zero-order chi connectivity index (χ0) is 13.2. The largest absolute Gasteiger partial charge is 0.385 e. The summed E-state index contributed by atoms with van der Waals surface area (Å²) in [5, 5.41) is 3.37. The van der Waals surface area contributed by atoms with E-state index in [9.17, 15) is 4.79 Å². The third-order valence-corrected chi connectivity index (χ3v) is 3.92. The van der Waals surface area contributed by atoms with Crippen molar-refractivity contribution in [2.45, 2.75) is 25.8 Å².